The van der Waals surface area contributed by atoms with Crippen molar-refractivity contribution >= 4 is 5.97 Å². The molecule has 0 aliphatic carbocycles. The SMILES string of the molecule is CCCN(CC(=O)OCC)CC1Cc2ccccc2O1. The van der Waals surface area contributed by atoms with Crippen LogP contribution in [-0.4, -0.2) is 43.2 Å². The molecule has 1 aromatic carbocycles. The maximum Gasteiger partial charge on any atom is 0.320 e. The van der Waals surface area contributed by atoms with Gasteiger partial charge in [0.1, 0.15) is 11.9 Å². The summed E-state index contributed by atoms with van der Waals surface area (Å²) in [6.45, 7) is 6.37. The Kier molecular flexibility index (Phi) is 5.41. The van der Waals surface area contributed by atoms with Crippen molar-refractivity contribution in [2.75, 3.05) is 26.2 Å². The molecule has 0 amide bonds. The van der Waals surface area contributed by atoms with Crippen molar-refractivity contribution in [1.82, 2.24) is 4.90 Å². The van der Waals surface area contributed by atoms with E-state index in [2.05, 4.69) is 17.9 Å². The molecule has 4 heteroatoms. The van der Waals surface area contributed by atoms with Gasteiger partial charge >= 0.3 is 5.97 Å². The molecule has 0 saturated heterocycles. The minimum Gasteiger partial charge on any atom is -0.488 e. The van der Waals surface area contributed by atoms with Crippen LogP contribution in [0, 0.1) is 0 Å². The third kappa shape index (κ3) is 3.97. The van der Waals surface area contributed by atoms with Crippen molar-refractivity contribution in [2.24, 2.45) is 0 Å². The fraction of sp³-hybridized carbons (Fsp3) is 0.562. The fourth-order valence-electron chi connectivity index (χ4n) is 2.58. The summed E-state index contributed by atoms with van der Waals surface area (Å²) in [5, 5.41) is 0. The Morgan fingerprint density at radius 2 is 2.20 bits per heavy atom. The van der Waals surface area contributed by atoms with E-state index in [-0.39, 0.29) is 12.1 Å². The second-order valence-electron chi connectivity index (χ2n) is 5.09. The summed E-state index contributed by atoms with van der Waals surface area (Å²) in [7, 11) is 0. The van der Waals surface area contributed by atoms with Gasteiger partial charge in [0, 0.05) is 13.0 Å². The molecular formula is C16H23NO3. The Hall–Kier alpha value is -1.55. The molecule has 4 nitrogen and oxygen atoms in total. The third-order valence-electron chi connectivity index (χ3n) is 3.37. The van der Waals surface area contributed by atoms with Crippen molar-refractivity contribution < 1.29 is 14.3 Å². The van der Waals surface area contributed by atoms with Gasteiger partial charge in [0.15, 0.2) is 0 Å². The van der Waals surface area contributed by atoms with E-state index < -0.39 is 0 Å². The van der Waals surface area contributed by atoms with Crippen molar-refractivity contribution in [1.29, 1.82) is 0 Å². The van der Waals surface area contributed by atoms with Crippen LogP contribution in [0.2, 0.25) is 0 Å². The highest BCUT2D eigenvalue weighted by Crippen LogP contribution is 2.28. The number of esters is 1. The van der Waals surface area contributed by atoms with Crippen LogP contribution in [0.4, 0.5) is 0 Å². The zero-order chi connectivity index (χ0) is 14.4. The molecule has 1 aliphatic heterocycles. The van der Waals surface area contributed by atoms with Crippen LogP contribution >= 0.6 is 0 Å². The van der Waals surface area contributed by atoms with Crippen LogP contribution in [0.25, 0.3) is 0 Å². The van der Waals surface area contributed by atoms with Gasteiger partial charge < -0.3 is 9.47 Å². The van der Waals surface area contributed by atoms with Crippen LogP contribution in [0.1, 0.15) is 25.8 Å². The minimum atomic E-state index is -0.156. The average Bonchev–Trinajstić information content (AvgIpc) is 2.81. The van der Waals surface area contributed by atoms with Crippen molar-refractivity contribution in [3.63, 3.8) is 0 Å². The zero-order valence-corrected chi connectivity index (χ0v) is 12.3. The number of ether oxygens (including phenoxy) is 2. The van der Waals surface area contributed by atoms with E-state index in [0.717, 1.165) is 31.7 Å². The molecule has 110 valence electrons. The Bertz CT molecular complexity index is 422. The molecule has 0 N–H and O–H groups in total. The van der Waals surface area contributed by atoms with Gasteiger partial charge in [-0.05, 0) is 31.5 Å². The molecule has 0 saturated carbocycles. The molecule has 0 aromatic heterocycles. The predicted octanol–water partition coefficient (Wildman–Crippen LogP) is 2.27. The molecule has 1 atom stereocenters. The fourth-order valence-corrected chi connectivity index (χ4v) is 2.58. The molecule has 1 unspecified atom stereocenters. The lowest BCUT2D eigenvalue weighted by molar-refractivity contribution is -0.144. The van der Waals surface area contributed by atoms with Crippen LogP contribution in [0.5, 0.6) is 5.75 Å². The number of benzene rings is 1. The molecule has 1 aliphatic rings. The van der Waals surface area contributed by atoms with E-state index in [1.54, 1.807) is 0 Å². The summed E-state index contributed by atoms with van der Waals surface area (Å²) < 4.78 is 11.0. The normalized spacial score (nSPS) is 16.9. The number of para-hydroxylation sites is 1. The highest BCUT2D eigenvalue weighted by atomic mass is 16.5. The molecule has 1 heterocycles. The number of fused-ring (bicyclic) bond motifs is 1. The number of hydrogen-bond donors (Lipinski definition) is 0. The van der Waals surface area contributed by atoms with Gasteiger partial charge in [-0.2, -0.15) is 0 Å². The lowest BCUT2D eigenvalue weighted by Crippen LogP contribution is -2.39. The molecule has 2 rings (SSSR count). The first-order chi connectivity index (χ1) is 9.72. The van der Waals surface area contributed by atoms with E-state index >= 15 is 0 Å². The first kappa shape index (κ1) is 14.9. The van der Waals surface area contributed by atoms with E-state index in [1.807, 2.05) is 25.1 Å². The summed E-state index contributed by atoms with van der Waals surface area (Å²) in [6, 6.07) is 8.13. The lowest BCUT2D eigenvalue weighted by atomic mass is 10.1. The largest absolute Gasteiger partial charge is 0.488 e. The first-order valence-corrected chi connectivity index (χ1v) is 7.35. The van der Waals surface area contributed by atoms with Gasteiger partial charge in [-0.15, -0.1) is 0 Å². The minimum absolute atomic E-state index is 0.133. The number of nitrogens with zero attached hydrogens (tertiary/aromatic N) is 1. The molecular weight excluding hydrogens is 254 g/mol. The maximum absolute atomic E-state index is 11.6. The molecule has 0 radical (unpaired) electrons. The van der Waals surface area contributed by atoms with Crippen LogP contribution in [-0.2, 0) is 16.0 Å². The topological polar surface area (TPSA) is 38.8 Å². The Balaban J connectivity index is 1.88. The average molecular weight is 277 g/mol. The van der Waals surface area contributed by atoms with Gasteiger partial charge in [-0.1, -0.05) is 25.1 Å². The Morgan fingerprint density at radius 1 is 1.40 bits per heavy atom. The zero-order valence-electron chi connectivity index (χ0n) is 12.3. The highest BCUT2D eigenvalue weighted by Gasteiger charge is 2.25. The van der Waals surface area contributed by atoms with E-state index in [4.69, 9.17) is 9.47 Å². The summed E-state index contributed by atoms with van der Waals surface area (Å²) in [4.78, 5) is 13.7. The van der Waals surface area contributed by atoms with E-state index in [1.165, 1.54) is 5.56 Å². The van der Waals surface area contributed by atoms with Crippen molar-refractivity contribution in [2.45, 2.75) is 32.8 Å². The number of rotatable bonds is 7. The molecule has 20 heavy (non-hydrogen) atoms. The lowest BCUT2D eigenvalue weighted by Gasteiger charge is -2.23. The predicted molar refractivity (Wildman–Crippen MR) is 77.9 cm³/mol. The van der Waals surface area contributed by atoms with Gasteiger partial charge in [0.05, 0.1) is 13.2 Å². The Labute approximate surface area is 120 Å². The summed E-state index contributed by atoms with van der Waals surface area (Å²) in [5.74, 6) is 0.821. The van der Waals surface area contributed by atoms with Crippen LogP contribution < -0.4 is 4.74 Å². The van der Waals surface area contributed by atoms with Crippen molar-refractivity contribution in [3.05, 3.63) is 29.8 Å². The monoisotopic (exact) mass is 277 g/mol. The molecule has 1 aromatic rings. The van der Waals surface area contributed by atoms with Crippen LogP contribution in [0.3, 0.4) is 0 Å². The summed E-state index contributed by atoms with van der Waals surface area (Å²) >= 11 is 0. The third-order valence-corrected chi connectivity index (χ3v) is 3.37. The molecule has 0 spiro atoms. The smallest absolute Gasteiger partial charge is 0.320 e. The first-order valence-electron chi connectivity index (χ1n) is 7.35. The van der Waals surface area contributed by atoms with E-state index in [9.17, 15) is 4.79 Å². The standard InChI is InChI=1S/C16H23NO3/c1-3-9-17(12-16(18)19-4-2)11-14-10-13-7-5-6-8-15(13)20-14/h5-8,14H,3-4,9-12H2,1-2H3. The second-order valence-corrected chi connectivity index (χ2v) is 5.09. The van der Waals surface area contributed by atoms with Crippen LogP contribution in [0.15, 0.2) is 24.3 Å². The number of carbonyl (C=O) groups excluding carboxylic acids is 1. The van der Waals surface area contributed by atoms with Gasteiger partial charge in [-0.25, -0.2) is 0 Å². The quantitative estimate of drug-likeness (QED) is 0.717. The molecule has 0 fully saturated rings. The maximum atomic E-state index is 11.6. The summed E-state index contributed by atoms with van der Waals surface area (Å²) in [5.41, 5.74) is 1.25. The number of carbonyl (C=O) groups is 1. The van der Waals surface area contributed by atoms with E-state index in [0.29, 0.717) is 13.2 Å². The molecule has 0 bridgehead atoms. The second kappa shape index (κ2) is 7.29. The summed E-state index contributed by atoms with van der Waals surface area (Å²) in [6.07, 6.45) is 2.06. The Morgan fingerprint density at radius 3 is 2.90 bits per heavy atom. The highest BCUT2D eigenvalue weighted by molar-refractivity contribution is 5.71. The van der Waals surface area contributed by atoms with Gasteiger partial charge in [0.25, 0.3) is 0 Å². The van der Waals surface area contributed by atoms with Crippen molar-refractivity contribution in [3.8, 4) is 5.75 Å². The van der Waals surface area contributed by atoms with Gasteiger partial charge in [-0.3, -0.25) is 9.69 Å². The number of hydrogen-bond acceptors (Lipinski definition) is 4. The van der Waals surface area contributed by atoms with Gasteiger partial charge in [0.2, 0.25) is 0 Å².